The Morgan fingerprint density at radius 2 is 2.06 bits per heavy atom. The van der Waals surface area contributed by atoms with Gasteiger partial charge in [0.25, 0.3) is 0 Å². The number of rotatable bonds is 2. The predicted molar refractivity (Wildman–Crippen MR) is 61.5 cm³/mol. The minimum absolute atomic E-state index is 0.193. The Hall–Kier alpha value is -1.77. The molecule has 2 aromatic rings. The van der Waals surface area contributed by atoms with Crippen molar-refractivity contribution >= 4 is 10.8 Å². The lowest BCUT2D eigenvalue weighted by Crippen LogP contribution is -1.93. The molecular formula is C13H13FO2. The highest BCUT2D eigenvalue weighted by Gasteiger charge is 2.12. The van der Waals surface area contributed by atoms with E-state index in [-0.39, 0.29) is 17.3 Å². The number of hydrogen-bond acceptors (Lipinski definition) is 2. The quantitative estimate of drug-likeness (QED) is 0.841. The molecule has 0 spiro atoms. The van der Waals surface area contributed by atoms with Crippen molar-refractivity contribution in [3.63, 3.8) is 0 Å². The summed E-state index contributed by atoms with van der Waals surface area (Å²) in [4.78, 5) is 0. The van der Waals surface area contributed by atoms with Gasteiger partial charge in [-0.3, -0.25) is 0 Å². The Bertz CT molecular complexity index is 535. The fourth-order valence-electron chi connectivity index (χ4n) is 1.95. The first-order chi connectivity index (χ1) is 7.67. The van der Waals surface area contributed by atoms with Gasteiger partial charge in [-0.1, -0.05) is 13.0 Å². The monoisotopic (exact) mass is 220 g/mol. The second-order valence-electron chi connectivity index (χ2n) is 3.64. The predicted octanol–water partition coefficient (Wildman–Crippen LogP) is 3.26. The van der Waals surface area contributed by atoms with E-state index in [0.29, 0.717) is 6.42 Å². The van der Waals surface area contributed by atoms with Gasteiger partial charge in [-0.25, -0.2) is 4.39 Å². The number of fused-ring (bicyclic) bond motifs is 1. The average Bonchev–Trinajstić information content (AvgIpc) is 2.28. The number of aryl methyl sites for hydroxylation is 1. The Kier molecular flexibility index (Phi) is 2.69. The van der Waals surface area contributed by atoms with E-state index >= 15 is 0 Å². The molecule has 0 aliphatic rings. The maximum absolute atomic E-state index is 13.5. The molecule has 16 heavy (non-hydrogen) atoms. The van der Waals surface area contributed by atoms with E-state index in [1.807, 2.05) is 6.92 Å². The third-order valence-electron chi connectivity index (χ3n) is 2.67. The van der Waals surface area contributed by atoms with E-state index in [9.17, 15) is 9.50 Å². The molecule has 0 fully saturated rings. The third kappa shape index (κ3) is 1.58. The lowest BCUT2D eigenvalue weighted by Gasteiger charge is -2.11. The van der Waals surface area contributed by atoms with Crippen LogP contribution < -0.4 is 4.74 Å². The molecule has 0 unspecified atom stereocenters. The zero-order valence-electron chi connectivity index (χ0n) is 9.25. The number of methoxy groups -OCH3 is 1. The van der Waals surface area contributed by atoms with E-state index in [1.165, 1.54) is 13.2 Å². The van der Waals surface area contributed by atoms with Gasteiger partial charge in [0.2, 0.25) is 0 Å². The number of phenols is 1. The highest BCUT2D eigenvalue weighted by molar-refractivity contribution is 5.92. The van der Waals surface area contributed by atoms with Crippen LogP contribution in [0.15, 0.2) is 24.3 Å². The van der Waals surface area contributed by atoms with Crippen LogP contribution in [0.5, 0.6) is 11.5 Å². The zero-order chi connectivity index (χ0) is 11.7. The Balaban J connectivity index is 2.89. The van der Waals surface area contributed by atoms with Crippen molar-refractivity contribution in [2.75, 3.05) is 7.11 Å². The largest absolute Gasteiger partial charge is 0.508 e. The molecule has 2 aromatic carbocycles. The molecule has 0 aliphatic heterocycles. The van der Waals surface area contributed by atoms with Crippen LogP contribution in [0.3, 0.4) is 0 Å². The number of hydrogen-bond donors (Lipinski definition) is 1. The number of halogens is 1. The molecule has 84 valence electrons. The molecule has 2 rings (SSSR count). The second-order valence-corrected chi connectivity index (χ2v) is 3.64. The molecule has 3 heteroatoms. The van der Waals surface area contributed by atoms with Crippen LogP contribution in [-0.2, 0) is 6.42 Å². The number of aromatic hydroxyl groups is 1. The summed E-state index contributed by atoms with van der Waals surface area (Å²) < 4.78 is 18.6. The standard InChI is InChI=1S/C13H13FO2/c1-3-8-6-10(15)7-9-4-5-11(14)13(16-2)12(8)9/h4-7,15H,3H2,1-2H3. The SMILES string of the molecule is CCc1cc(O)cc2ccc(F)c(OC)c12. The summed E-state index contributed by atoms with van der Waals surface area (Å²) >= 11 is 0. The van der Waals surface area contributed by atoms with Crippen molar-refractivity contribution in [2.24, 2.45) is 0 Å². The van der Waals surface area contributed by atoms with Crippen molar-refractivity contribution in [1.29, 1.82) is 0 Å². The van der Waals surface area contributed by atoms with Gasteiger partial charge in [-0.05, 0) is 35.6 Å². The lowest BCUT2D eigenvalue weighted by molar-refractivity contribution is 0.391. The van der Waals surface area contributed by atoms with Crippen LogP contribution in [-0.4, -0.2) is 12.2 Å². The van der Waals surface area contributed by atoms with E-state index in [0.717, 1.165) is 16.3 Å². The van der Waals surface area contributed by atoms with Crippen LogP contribution in [0.2, 0.25) is 0 Å². The Morgan fingerprint density at radius 3 is 2.69 bits per heavy atom. The third-order valence-corrected chi connectivity index (χ3v) is 2.67. The van der Waals surface area contributed by atoms with Crippen molar-refractivity contribution in [3.05, 3.63) is 35.6 Å². The first-order valence-electron chi connectivity index (χ1n) is 5.15. The fourth-order valence-corrected chi connectivity index (χ4v) is 1.95. The van der Waals surface area contributed by atoms with Gasteiger partial charge in [0.15, 0.2) is 11.6 Å². The molecule has 0 amide bonds. The van der Waals surface area contributed by atoms with Gasteiger partial charge in [0.05, 0.1) is 7.11 Å². The number of benzene rings is 2. The normalized spacial score (nSPS) is 10.7. The molecule has 0 saturated carbocycles. The summed E-state index contributed by atoms with van der Waals surface area (Å²) in [6, 6.07) is 6.24. The summed E-state index contributed by atoms with van der Waals surface area (Å²) in [7, 11) is 1.45. The van der Waals surface area contributed by atoms with Crippen molar-refractivity contribution in [1.82, 2.24) is 0 Å². The van der Waals surface area contributed by atoms with Crippen molar-refractivity contribution in [2.45, 2.75) is 13.3 Å². The lowest BCUT2D eigenvalue weighted by atomic mass is 10.0. The molecule has 0 radical (unpaired) electrons. The van der Waals surface area contributed by atoms with Gasteiger partial charge < -0.3 is 9.84 Å². The maximum Gasteiger partial charge on any atom is 0.165 e. The molecule has 0 heterocycles. The second kappa shape index (κ2) is 4.00. The summed E-state index contributed by atoms with van der Waals surface area (Å²) in [5.74, 6) is 0.0581. The summed E-state index contributed by atoms with van der Waals surface area (Å²) in [5.41, 5.74) is 0.881. The summed E-state index contributed by atoms with van der Waals surface area (Å²) in [6.45, 7) is 1.96. The zero-order valence-corrected chi connectivity index (χ0v) is 9.25. The van der Waals surface area contributed by atoms with Crippen LogP contribution in [0.25, 0.3) is 10.8 Å². The van der Waals surface area contributed by atoms with Crippen molar-refractivity contribution < 1.29 is 14.2 Å². The van der Waals surface area contributed by atoms with Crippen molar-refractivity contribution in [3.8, 4) is 11.5 Å². The molecular weight excluding hydrogens is 207 g/mol. The first-order valence-corrected chi connectivity index (χ1v) is 5.15. The van der Waals surface area contributed by atoms with E-state index < -0.39 is 0 Å². The van der Waals surface area contributed by atoms with Crippen LogP contribution in [0, 0.1) is 5.82 Å². The first kappa shape index (κ1) is 10.7. The van der Waals surface area contributed by atoms with Gasteiger partial charge in [-0.2, -0.15) is 0 Å². The van der Waals surface area contributed by atoms with Gasteiger partial charge in [0.1, 0.15) is 5.75 Å². The van der Waals surface area contributed by atoms with Crippen LogP contribution in [0.1, 0.15) is 12.5 Å². The summed E-state index contributed by atoms with van der Waals surface area (Å²) in [6.07, 6.45) is 0.713. The van der Waals surface area contributed by atoms with Gasteiger partial charge in [-0.15, -0.1) is 0 Å². The van der Waals surface area contributed by atoms with E-state index in [4.69, 9.17) is 4.74 Å². The smallest absolute Gasteiger partial charge is 0.165 e. The molecule has 0 atom stereocenters. The van der Waals surface area contributed by atoms with Gasteiger partial charge >= 0.3 is 0 Å². The summed E-state index contributed by atoms with van der Waals surface area (Å²) in [5, 5.41) is 11.1. The molecule has 0 aliphatic carbocycles. The molecule has 0 bridgehead atoms. The Morgan fingerprint density at radius 1 is 1.31 bits per heavy atom. The van der Waals surface area contributed by atoms with Crippen LogP contribution >= 0.6 is 0 Å². The highest BCUT2D eigenvalue weighted by atomic mass is 19.1. The number of ether oxygens (including phenoxy) is 1. The Labute approximate surface area is 93.3 Å². The number of phenolic OH excluding ortho intramolecular Hbond substituents is 1. The van der Waals surface area contributed by atoms with E-state index in [1.54, 1.807) is 18.2 Å². The minimum atomic E-state index is -0.379. The van der Waals surface area contributed by atoms with E-state index in [2.05, 4.69) is 0 Å². The maximum atomic E-state index is 13.5. The van der Waals surface area contributed by atoms with Crippen LogP contribution in [0.4, 0.5) is 4.39 Å². The fraction of sp³-hybridized carbons (Fsp3) is 0.231. The van der Waals surface area contributed by atoms with Gasteiger partial charge in [0, 0.05) is 5.39 Å². The molecule has 1 N–H and O–H groups in total. The molecule has 2 nitrogen and oxygen atoms in total. The molecule has 0 saturated heterocycles. The average molecular weight is 220 g/mol. The highest BCUT2D eigenvalue weighted by Crippen LogP contribution is 2.34. The minimum Gasteiger partial charge on any atom is -0.508 e. The topological polar surface area (TPSA) is 29.5 Å². The molecule has 0 aromatic heterocycles.